The number of nitrogens with zero attached hydrogens (tertiary/aromatic N) is 2. The topological polar surface area (TPSA) is 71.1 Å². The predicted molar refractivity (Wildman–Crippen MR) is 131 cm³/mol. The van der Waals surface area contributed by atoms with Crippen molar-refractivity contribution < 1.29 is 32.2 Å². The summed E-state index contributed by atoms with van der Waals surface area (Å²) in [5.74, 6) is -0.149. The molecule has 3 atom stereocenters. The van der Waals surface area contributed by atoms with Gasteiger partial charge < -0.3 is 19.7 Å². The number of anilines is 1. The van der Waals surface area contributed by atoms with Crippen molar-refractivity contribution in [2.75, 3.05) is 45.7 Å². The van der Waals surface area contributed by atoms with Crippen LogP contribution < -0.4 is 10.1 Å². The Morgan fingerprint density at radius 2 is 1.89 bits per heavy atom. The van der Waals surface area contributed by atoms with E-state index in [0.29, 0.717) is 23.5 Å². The number of methoxy groups -OCH3 is 1. The zero-order valence-electron chi connectivity index (χ0n) is 21.6. The quantitative estimate of drug-likeness (QED) is 0.625. The van der Waals surface area contributed by atoms with Gasteiger partial charge in [0, 0.05) is 51.4 Å². The van der Waals surface area contributed by atoms with Crippen LogP contribution >= 0.6 is 0 Å². The van der Waals surface area contributed by atoms with Gasteiger partial charge in [0.25, 0.3) is 5.91 Å². The number of hydrogen-bond donors (Lipinski definition) is 1. The first-order chi connectivity index (χ1) is 17.0. The summed E-state index contributed by atoms with van der Waals surface area (Å²) >= 11 is 0. The third-order valence-corrected chi connectivity index (χ3v) is 7.25. The van der Waals surface area contributed by atoms with Crippen molar-refractivity contribution in [2.24, 2.45) is 11.8 Å². The Morgan fingerprint density at radius 1 is 1.19 bits per heavy atom. The molecule has 1 aromatic rings. The third-order valence-electron chi connectivity index (χ3n) is 7.25. The third kappa shape index (κ3) is 7.59. The van der Waals surface area contributed by atoms with Crippen LogP contribution in [0.25, 0.3) is 0 Å². The molecule has 0 unspecified atom stereocenters. The average Bonchev–Trinajstić information content (AvgIpc) is 3.37. The summed E-state index contributed by atoms with van der Waals surface area (Å²) in [6.07, 6.45) is -1.74. The Kier molecular flexibility index (Phi) is 9.63. The number of amides is 2. The summed E-state index contributed by atoms with van der Waals surface area (Å²) in [7, 11) is 3.20. The maximum Gasteiger partial charge on any atom is 0.390 e. The number of halogens is 3. The van der Waals surface area contributed by atoms with Gasteiger partial charge in [0.2, 0.25) is 5.91 Å². The van der Waals surface area contributed by atoms with E-state index in [-0.39, 0.29) is 55.5 Å². The normalized spacial score (nSPS) is 25.0. The lowest BCUT2D eigenvalue weighted by molar-refractivity contribution is -0.140. The molecule has 1 aliphatic heterocycles. The van der Waals surface area contributed by atoms with Gasteiger partial charge in [-0.3, -0.25) is 14.5 Å². The molecule has 2 aliphatic rings. The molecule has 1 aromatic carbocycles. The maximum absolute atomic E-state index is 13.4. The van der Waals surface area contributed by atoms with E-state index in [0.717, 1.165) is 25.7 Å². The Balaban J connectivity index is 1.87. The van der Waals surface area contributed by atoms with Crippen molar-refractivity contribution in [3.63, 3.8) is 0 Å². The lowest BCUT2D eigenvalue weighted by Gasteiger charge is -2.36. The SMILES string of the molecule is CO[C@H]1CN(C)C(=O)c2cc(NC(=O)C3CCCC3)ccc2OC[C@H](C)N(CCC(F)(F)F)C[C@@H]1C. The second kappa shape index (κ2) is 12.3. The largest absolute Gasteiger partial charge is 0.491 e. The first kappa shape index (κ1) is 28.2. The summed E-state index contributed by atoms with van der Waals surface area (Å²) < 4.78 is 50.6. The molecule has 0 radical (unpaired) electrons. The Bertz CT molecular complexity index is 905. The molecule has 0 spiro atoms. The first-order valence-electron chi connectivity index (χ1n) is 12.6. The summed E-state index contributed by atoms with van der Waals surface area (Å²) in [4.78, 5) is 29.3. The fourth-order valence-corrected chi connectivity index (χ4v) is 4.94. The van der Waals surface area contributed by atoms with E-state index >= 15 is 0 Å². The Morgan fingerprint density at radius 3 is 2.53 bits per heavy atom. The number of likely N-dealkylation sites (N-methyl/N-ethyl adjacent to an activating group) is 1. The van der Waals surface area contributed by atoms with E-state index in [1.165, 1.54) is 4.90 Å². The molecule has 1 fully saturated rings. The van der Waals surface area contributed by atoms with Crippen LogP contribution in [-0.4, -0.2) is 80.3 Å². The fourth-order valence-electron chi connectivity index (χ4n) is 4.94. The van der Waals surface area contributed by atoms with Crippen molar-refractivity contribution in [3.8, 4) is 5.75 Å². The van der Waals surface area contributed by atoms with Gasteiger partial charge in [-0.05, 0) is 43.9 Å². The number of rotatable bonds is 5. The standard InChI is InChI=1S/C26H38F3N3O4/c1-17-14-32(12-11-26(27,28)29)18(2)16-36-22-10-9-20(30-24(33)19-7-5-6-8-19)13-21(22)25(34)31(3)15-23(17)35-4/h9-10,13,17-19,23H,5-8,11-12,14-16H2,1-4H3,(H,30,33)/t17-,18-,23-/m0/s1. The van der Waals surface area contributed by atoms with E-state index in [1.54, 1.807) is 37.3 Å². The molecule has 2 amide bonds. The minimum Gasteiger partial charge on any atom is -0.491 e. The molecule has 1 saturated carbocycles. The minimum absolute atomic E-state index is 0.0203. The molecular weight excluding hydrogens is 475 g/mol. The summed E-state index contributed by atoms with van der Waals surface area (Å²) in [6.45, 7) is 4.33. The highest BCUT2D eigenvalue weighted by Gasteiger charge is 2.32. The molecule has 0 aromatic heterocycles. The Hall–Kier alpha value is -2.33. The second-order valence-corrected chi connectivity index (χ2v) is 10.1. The molecule has 0 saturated heterocycles. The van der Waals surface area contributed by atoms with Crippen molar-refractivity contribution in [1.82, 2.24) is 9.80 Å². The van der Waals surface area contributed by atoms with E-state index in [2.05, 4.69) is 5.32 Å². The first-order valence-corrected chi connectivity index (χ1v) is 12.6. The van der Waals surface area contributed by atoms with E-state index in [4.69, 9.17) is 9.47 Å². The van der Waals surface area contributed by atoms with E-state index < -0.39 is 12.6 Å². The van der Waals surface area contributed by atoms with Crippen LogP contribution in [-0.2, 0) is 9.53 Å². The monoisotopic (exact) mass is 513 g/mol. The van der Waals surface area contributed by atoms with E-state index in [1.807, 2.05) is 13.8 Å². The van der Waals surface area contributed by atoms with Crippen LogP contribution in [0.5, 0.6) is 5.75 Å². The van der Waals surface area contributed by atoms with Gasteiger partial charge in [-0.15, -0.1) is 0 Å². The molecule has 1 aliphatic carbocycles. The zero-order valence-corrected chi connectivity index (χ0v) is 21.6. The minimum atomic E-state index is -4.26. The zero-order chi connectivity index (χ0) is 26.5. The molecule has 7 nitrogen and oxygen atoms in total. The van der Waals surface area contributed by atoms with Gasteiger partial charge in [0.05, 0.1) is 18.1 Å². The highest BCUT2D eigenvalue weighted by Crippen LogP contribution is 2.29. The molecule has 3 rings (SSSR count). The number of benzene rings is 1. The van der Waals surface area contributed by atoms with Crippen molar-refractivity contribution in [2.45, 2.75) is 64.3 Å². The highest BCUT2D eigenvalue weighted by atomic mass is 19.4. The number of carbonyl (C=O) groups is 2. The maximum atomic E-state index is 13.4. The number of nitrogens with one attached hydrogen (secondary N) is 1. The lowest BCUT2D eigenvalue weighted by Crippen LogP contribution is -2.47. The van der Waals surface area contributed by atoms with Gasteiger partial charge in [0.15, 0.2) is 0 Å². The highest BCUT2D eigenvalue weighted by molar-refractivity contribution is 5.99. The number of alkyl halides is 3. The second-order valence-electron chi connectivity index (χ2n) is 10.1. The van der Waals surface area contributed by atoms with Gasteiger partial charge in [-0.25, -0.2) is 0 Å². The fraction of sp³-hybridized carbons (Fsp3) is 0.692. The lowest BCUT2D eigenvalue weighted by atomic mass is 10.0. The van der Waals surface area contributed by atoms with Crippen LogP contribution in [0.4, 0.5) is 18.9 Å². The van der Waals surface area contributed by atoms with Gasteiger partial charge in [-0.1, -0.05) is 19.8 Å². The molecule has 1 N–H and O–H groups in total. The van der Waals surface area contributed by atoms with Crippen LogP contribution in [0.3, 0.4) is 0 Å². The van der Waals surface area contributed by atoms with Crippen molar-refractivity contribution >= 4 is 17.5 Å². The average molecular weight is 514 g/mol. The van der Waals surface area contributed by atoms with Gasteiger partial charge >= 0.3 is 6.18 Å². The van der Waals surface area contributed by atoms with Crippen molar-refractivity contribution in [3.05, 3.63) is 23.8 Å². The van der Waals surface area contributed by atoms with Crippen molar-refractivity contribution in [1.29, 1.82) is 0 Å². The van der Waals surface area contributed by atoms with Crippen LogP contribution in [0.15, 0.2) is 18.2 Å². The molecule has 0 bridgehead atoms. The van der Waals surface area contributed by atoms with E-state index in [9.17, 15) is 22.8 Å². The smallest absolute Gasteiger partial charge is 0.390 e. The predicted octanol–water partition coefficient (Wildman–Crippen LogP) is 4.57. The van der Waals surface area contributed by atoms with Crippen LogP contribution in [0.2, 0.25) is 0 Å². The van der Waals surface area contributed by atoms with Crippen LogP contribution in [0.1, 0.15) is 56.3 Å². The molecule has 1 heterocycles. The molecule has 202 valence electrons. The number of carbonyl (C=O) groups excluding carboxylic acids is 2. The summed E-state index contributed by atoms with van der Waals surface area (Å²) in [5, 5.41) is 2.92. The number of hydrogen-bond acceptors (Lipinski definition) is 5. The number of ether oxygens (including phenoxy) is 2. The number of fused-ring (bicyclic) bond motifs is 1. The molecular formula is C26H38F3N3O4. The molecule has 10 heteroatoms. The molecule has 36 heavy (non-hydrogen) atoms. The summed E-state index contributed by atoms with van der Waals surface area (Å²) in [5.41, 5.74) is 0.804. The van der Waals surface area contributed by atoms with Gasteiger partial charge in [-0.2, -0.15) is 13.2 Å². The summed E-state index contributed by atoms with van der Waals surface area (Å²) in [6, 6.07) is 4.62. The van der Waals surface area contributed by atoms with Crippen LogP contribution in [0, 0.1) is 11.8 Å². The Labute approximate surface area is 211 Å². The van der Waals surface area contributed by atoms with Gasteiger partial charge in [0.1, 0.15) is 12.4 Å².